The Morgan fingerprint density at radius 2 is 1.90 bits per heavy atom. The van der Waals surface area contributed by atoms with Crippen molar-refractivity contribution in [3.8, 4) is 5.75 Å². The number of alkyl halides is 3. The van der Waals surface area contributed by atoms with Gasteiger partial charge in [0.25, 0.3) is 5.91 Å². The number of carbonyl (C=O) groups is 1. The van der Waals surface area contributed by atoms with Crippen LogP contribution in [-0.4, -0.2) is 27.0 Å². The topological polar surface area (TPSA) is 79.2 Å². The Hall–Kier alpha value is -2.53. The molecule has 3 N–H and O–H groups in total. The maximum Gasteiger partial charge on any atom is 0.410 e. The van der Waals surface area contributed by atoms with E-state index in [0.717, 1.165) is 9.15 Å². The van der Waals surface area contributed by atoms with E-state index in [4.69, 9.17) is 0 Å². The molecule has 1 aliphatic heterocycles. The standard InChI is InChI=1S/C20H15Br2F3N4O2/c21-11-6-4-10(5-7-11)14-9-15(20(23,24)25)29-18(27-14)16(22)17(28-29)19(31)26-12-2-1-3-13(30)8-12/h1-8,14-15,27,30H,9H2,(H,26,31)/t14-,15+/m0/s1. The van der Waals surface area contributed by atoms with Crippen molar-refractivity contribution in [1.29, 1.82) is 0 Å². The predicted molar refractivity (Wildman–Crippen MR) is 116 cm³/mol. The van der Waals surface area contributed by atoms with Crippen molar-refractivity contribution in [2.24, 2.45) is 0 Å². The van der Waals surface area contributed by atoms with E-state index in [1.807, 2.05) is 0 Å². The summed E-state index contributed by atoms with van der Waals surface area (Å²) in [5, 5.41) is 19.1. The number of carbonyl (C=O) groups excluding carboxylic acids is 1. The lowest BCUT2D eigenvalue weighted by molar-refractivity contribution is -0.173. The van der Waals surface area contributed by atoms with Crippen LogP contribution in [0.5, 0.6) is 5.75 Å². The summed E-state index contributed by atoms with van der Waals surface area (Å²) in [5.74, 6) is -0.693. The Kier molecular flexibility index (Phi) is 5.73. The number of aromatic hydroxyl groups is 1. The number of hydrogen-bond donors (Lipinski definition) is 3. The molecule has 0 fully saturated rings. The average Bonchev–Trinajstić information content (AvgIpc) is 3.04. The van der Waals surface area contributed by atoms with Crippen molar-refractivity contribution in [3.63, 3.8) is 0 Å². The molecule has 2 atom stereocenters. The Morgan fingerprint density at radius 1 is 1.19 bits per heavy atom. The SMILES string of the molecule is O=C(Nc1cccc(O)c1)c1nn2c(c1Br)N[C@H](c1ccc(Br)cc1)C[C@@H]2C(F)(F)F. The van der Waals surface area contributed by atoms with Gasteiger partial charge in [0.05, 0.1) is 10.5 Å². The van der Waals surface area contributed by atoms with Crippen molar-refractivity contribution in [3.05, 3.63) is 68.7 Å². The van der Waals surface area contributed by atoms with E-state index < -0.39 is 24.2 Å². The number of anilines is 2. The van der Waals surface area contributed by atoms with Crippen LogP contribution in [0.4, 0.5) is 24.7 Å². The van der Waals surface area contributed by atoms with Gasteiger partial charge in [0.2, 0.25) is 0 Å². The molecule has 1 aliphatic rings. The van der Waals surface area contributed by atoms with Crippen molar-refractivity contribution in [2.75, 3.05) is 10.6 Å². The van der Waals surface area contributed by atoms with Crippen LogP contribution in [0, 0.1) is 0 Å². The molecule has 6 nitrogen and oxygen atoms in total. The van der Waals surface area contributed by atoms with Gasteiger partial charge in [-0.1, -0.05) is 34.1 Å². The number of halogens is 5. The van der Waals surface area contributed by atoms with Gasteiger partial charge in [0, 0.05) is 22.6 Å². The molecular formula is C20H15Br2F3N4O2. The Balaban J connectivity index is 1.70. The number of hydrogen-bond acceptors (Lipinski definition) is 4. The van der Waals surface area contributed by atoms with Gasteiger partial charge in [-0.05, 0) is 45.8 Å². The second kappa shape index (κ2) is 8.19. The summed E-state index contributed by atoms with van der Waals surface area (Å²) in [5.41, 5.74) is 0.773. The minimum atomic E-state index is -4.56. The van der Waals surface area contributed by atoms with Crippen molar-refractivity contribution in [2.45, 2.75) is 24.7 Å². The maximum absolute atomic E-state index is 13.9. The fourth-order valence-corrected chi connectivity index (χ4v) is 4.24. The molecule has 0 bridgehead atoms. The highest BCUT2D eigenvalue weighted by Gasteiger charge is 2.47. The lowest BCUT2D eigenvalue weighted by Crippen LogP contribution is -2.35. The van der Waals surface area contributed by atoms with Gasteiger partial charge in [0.1, 0.15) is 11.6 Å². The van der Waals surface area contributed by atoms with Crippen LogP contribution in [0.25, 0.3) is 0 Å². The summed E-state index contributed by atoms with van der Waals surface area (Å²) >= 11 is 6.56. The molecule has 0 aliphatic carbocycles. The molecule has 2 aromatic carbocycles. The average molecular weight is 560 g/mol. The number of nitrogens with zero attached hydrogens (tertiary/aromatic N) is 2. The first-order valence-corrected chi connectivity index (χ1v) is 10.7. The predicted octanol–water partition coefficient (Wildman–Crippen LogP) is 6.03. The van der Waals surface area contributed by atoms with E-state index in [2.05, 4.69) is 47.6 Å². The highest BCUT2D eigenvalue weighted by molar-refractivity contribution is 9.11. The van der Waals surface area contributed by atoms with Gasteiger partial charge >= 0.3 is 6.18 Å². The summed E-state index contributed by atoms with van der Waals surface area (Å²) < 4.78 is 43.3. The highest BCUT2D eigenvalue weighted by atomic mass is 79.9. The van der Waals surface area contributed by atoms with E-state index in [-0.39, 0.29) is 33.8 Å². The minimum Gasteiger partial charge on any atom is -0.508 e. The first kappa shape index (κ1) is 21.7. The van der Waals surface area contributed by atoms with Crippen LogP contribution in [0.1, 0.15) is 34.6 Å². The second-order valence-corrected chi connectivity index (χ2v) is 8.71. The third-order valence-electron chi connectivity index (χ3n) is 4.89. The largest absolute Gasteiger partial charge is 0.508 e. The molecule has 11 heteroatoms. The van der Waals surface area contributed by atoms with Gasteiger partial charge in [-0.25, -0.2) is 4.68 Å². The minimum absolute atomic E-state index is 0.0582. The monoisotopic (exact) mass is 558 g/mol. The molecule has 0 spiro atoms. The maximum atomic E-state index is 13.9. The molecule has 2 heterocycles. The lowest BCUT2D eigenvalue weighted by Gasteiger charge is -2.33. The smallest absolute Gasteiger partial charge is 0.410 e. The molecule has 0 saturated carbocycles. The molecule has 0 radical (unpaired) electrons. The second-order valence-electron chi connectivity index (χ2n) is 7.00. The molecule has 1 amide bonds. The van der Waals surface area contributed by atoms with Crippen LogP contribution in [0.3, 0.4) is 0 Å². The number of fused-ring (bicyclic) bond motifs is 1. The number of nitrogens with one attached hydrogen (secondary N) is 2. The summed E-state index contributed by atoms with van der Waals surface area (Å²) in [4.78, 5) is 12.7. The van der Waals surface area contributed by atoms with E-state index in [0.29, 0.717) is 5.56 Å². The first-order valence-electron chi connectivity index (χ1n) is 9.10. The molecule has 162 valence electrons. The van der Waals surface area contributed by atoms with E-state index >= 15 is 0 Å². The third kappa shape index (κ3) is 4.42. The van der Waals surface area contributed by atoms with Gasteiger partial charge in [-0.3, -0.25) is 4.79 Å². The fraction of sp³-hybridized carbons (Fsp3) is 0.200. The van der Waals surface area contributed by atoms with Crippen molar-refractivity contribution < 1.29 is 23.1 Å². The van der Waals surface area contributed by atoms with E-state index in [1.54, 1.807) is 30.3 Å². The van der Waals surface area contributed by atoms with Crippen LogP contribution < -0.4 is 10.6 Å². The normalized spacial score (nSPS) is 18.2. The summed E-state index contributed by atoms with van der Waals surface area (Å²) in [7, 11) is 0. The quantitative estimate of drug-likeness (QED) is 0.366. The Morgan fingerprint density at radius 3 is 2.55 bits per heavy atom. The highest BCUT2D eigenvalue weighted by Crippen LogP contribution is 2.46. The summed E-state index contributed by atoms with van der Waals surface area (Å²) in [6, 6.07) is 10.3. The van der Waals surface area contributed by atoms with Crippen molar-refractivity contribution >= 4 is 49.3 Å². The third-order valence-corrected chi connectivity index (χ3v) is 6.17. The van der Waals surface area contributed by atoms with Crippen LogP contribution in [0.2, 0.25) is 0 Å². The summed E-state index contributed by atoms with van der Waals surface area (Å²) in [6.45, 7) is 0. The summed E-state index contributed by atoms with van der Waals surface area (Å²) in [6.07, 6.45) is -4.84. The molecule has 4 rings (SSSR count). The van der Waals surface area contributed by atoms with E-state index in [9.17, 15) is 23.1 Å². The lowest BCUT2D eigenvalue weighted by atomic mass is 9.97. The van der Waals surface area contributed by atoms with Crippen LogP contribution in [-0.2, 0) is 0 Å². The molecule has 0 unspecified atom stereocenters. The first-order chi connectivity index (χ1) is 14.6. The molecular weight excluding hydrogens is 545 g/mol. The number of phenols is 1. The number of amides is 1. The van der Waals surface area contributed by atoms with Crippen LogP contribution >= 0.6 is 31.9 Å². The number of phenolic OH excluding ortho intramolecular Hbond substituents is 1. The fourth-order valence-electron chi connectivity index (χ4n) is 3.42. The number of benzene rings is 2. The molecule has 1 aromatic heterocycles. The molecule has 31 heavy (non-hydrogen) atoms. The van der Waals surface area contributed by atoms with Gasteiger partial charge in [0.15, 0.2) is 11.7 Å². The zero-order chi connectivity index (χ0) is 22.3. The number of rotatable bonds is 3. The Labute approximate surface area is 191 Å². The van der Waals surface area contributed by atoms with Crippen LogP contribution in [0.15, 0.2) is 57.5 Å². The molecule has 0 saturated heterocycles. The Bertz CT molecular complexity index is 1130. The zero-order valence-electron chi connectivity index (χ0n) is 15.6. The van der Waals surface area contributed by atoms with Gasteiger partial charge in [-0.2, -0.15) is 18.3 Å². The van der Waals surface area contributed by atoms with Crippen molar-refractivity contribution in [1.82, 2.24) is 9.78 Å². The number of aromatic nitrogens is 2. The zero-order valence-corrected chi connectivity index (χ0v) is 18.8. The molecule has 3 aromatic rings. The van der Waals surface area contributed by atoms with Gasteiger partial charge in [-0.15, -0.1) is 0 Å². The van der Waals surface area contributed by atoms with E-state index in [1.165, 1.54) is 18.2 Å². The van der Waals surface area contributed by atoms with Gasteiger partial charge < -0.3 is 15.7 Å².